The third-order valence-electron chi connectivity index (χ3n) is 2.43. The second-order valence-electron chi connectivity index (χ2n) is 3.50. The summed E-state index contributed by atoms with van der Waals surface area (Å²) in [6.07, 6.45) is 3.35. The van der Waals surface area contributed by atoms with Gasteiger partial charge in [-0.15, -0.1) is 0 Å². The average molecular weight is 290 g/mol. The first-order valence-electron chi connectivity index (χ1n) is 4.96. The molecule has 3 aromatic rings. The summed E-state index contributed by atoms with van der Waals surface area (Å²) in [5, 5.41) is 0. The molecule has 0 saturated carbocycles. The zero-order valence-corrected chi connectivity index (χ0v) is 10.3. The molecule has 0 bridgehead atoms. The summed E-state index contributed by atoms with van der Waals surface area (Å²) in [5.74, 6) is 0.923. The van der Waals surface area contributed by atoms with Crippen LogP contribution in [0.1, 0.15) is 0 Å². The lowest BCUT2D eigenvalue weighted by Gasteiger charge is -2.05. The van der Waals surface area contributed by atoms with Crippen LogP contribution in [-0.4, -0.2) is 19.5 Å². The zero-order valence-electron chi connectivity index (χ0n) is 8.71. The Bertz CT molecular complexity index is 691. The molecule has 2 heterocycles. The van der Waals surface area contributed by atoms with E-state index in [2.05, 4.69) is 30.9 Å². The minimum atomic E-state index is 0.237. The summed E-state index contributed by atoms with van der Waals surface area (Å²) < 4.78 is 2.65. The maximum absolute atomic E-state index is 5.60. The molecule has 0 radical (unpaired) electrons. The minimum absolute atomic E-state index is 0.237. The first kappa shape index (κ1) is 10.2. The number of fused-ring (bicyclic) bond motifs is 1. The third kappa shape index (κ3) is 1.66. The molecule has 0 spiro atoms. The van der Waals surface area contributed by atoms with Crippen LogP contribution < -0.4 is 5.73 Å². The Kier molecular flexibility index (Phi) is 2.29. The maximum Gasteiger partial charge on any atom is 0.222 e. The largest absolute Gasteiger partial charge is 0.368 e. The van der Waals surface area contributed by atoms with E-state index in [1.807, 2.05) is 28.8 Å². The second kappa shape index (κ2) is 3.81. The van der Waals surface area contributed by atoms with E-state index in [0.29, 0.717) is 5.82 Å². The standard InChI is InChI=1S/C11H8BrN5/c12-7-5-14-11(13)16-10(7)17-6-15-8-3-1-2-4-9(8)17/h1-6H,(H2,13,14,16). The van der Waals surface area contributed by atoms with E-state index in [1.54, 1.807) is 12.5 Å². The van der Waals surface area contributed by atoms with Crippen LogP contribution in [0.3, 0.4) is 0 Å². The number of para-hydroxylation sites is 2. The fourth-order valence-corrected chi connectivity index (χ4v) is 2.05. The monoisotopic (exact) mass is 289 g/mol. The number of anilines is 1. The lowest BCUT2D eigenvalue weighted by molar-refractivity contribution is 0.992. The second-order valence-corrected chi connectivity index (χ2v) is 4.36. The van der Waals surface area contributed by atoms with Crippen LogP contribution in [0.4, 0.5) is 5.95 Å². The van der Waals surface area contributed by atoms with E-state index >= 15 is 0 Å². The molecule has 0 fully saturated rings. The quantitative estimate of drug-likeness (QED) is 0.745. The van der Waals surface area contributed by atoms with Crippen LogP contribution in [0.25, 0.3) is 16.9 Å². The highest BCUT2D eigenvalue weighted by atomic mass is 79.9. The van der Waals surface area contributed by atoms with E-state index in [-0.39, 0.29) is 5.95 Å². The fraction of sp³-hybridized carbons (Fsp3) is 0. The highest BCUT2D eigenvalue weighted by Crippen LogP contribution is 2.22. The molecule has 2 N–H and O–H groups in total. The molecule has 0 aliphatic carbocycles. The molecule has 5 nitrogen and oxygen atoms in total. The Balaban J connectivity index is 2.31. The van der Waals surface area contributed by atoms with Gasteiger partial charge in [-0.05, 0) is 28.1 Å². The molecule has 6 heteroatoms. The average Bonchev–Trinajstić information content (AvgIpc) is 2.76. The molecule has 0 aliphatic heterocycles. The van der Waals surface area contributed by atoms with Crippen LogP contribution in [0.2, 0.25) is 0 Å². The maximum atomic E-state index is 5.60. The van der Waals surface area contributed by atoms with Gasteiger partial charge in [0.15, 0.2) is 5.82 Å². The van der Waals surface area contributed by atoms with Crippen LogP contribution in [0, 0.1) is 0 Å². The van der Waals surface area contributed by atoms with E-state index in [4.69, 9.17) is 5.73 Å². The first-order valence-corrected chi connectivity index (χ1v) is 5.75. The molecule has 17 heavy (non-hydrogen) atoms. The number of rotatable bonds is 1. The predicted molar refractivity (Wildman–Crippen MR) is 68.8 cm³/mol. The van der Waals surface area contributed by atoms with Crippen molar-refractivity contribution in [2.24, 2.45) is 0 Å². The Hall–Kier alpha value is -1.95. The lowest BCUT2D eigenvalue weighted by Crippen LogP contribution is -2.02. The Morgan fingerprint density at radius 2 is 2.00 bits per heavy atom. The smallest absolute Gasteiger partial charge is 0.222 e. The zero-order chi connectivity index (χ0) is 11.8. The number of halogens is 1. The van der Waals surface area contributed by atoms with E-state index in [1.165, 1.54) is 0 Å². The van der Waals surface area contributed by atoms with Gasteiger partial charge in [-0.1, -0.05) is 12.1 Å². The number of hydrogen-bond donors (Lipinski definition) is 1. The first-order chi connectivity index (χ1) is 8.25. The molecular formula is C11H8BrN5. The van der Waals surface area contributed by atoms with E-state index in [9.17, 15) is 0 Å². The summed E-state index contributed by atoms with van der Waals surface area (Å²) in [6.45, 7) is 0. The normalized spacial score (nSPS) is 10.9. The minimum Gasteiger partial charge on any atom is -0.368 e. The van der Waals surface area contributed by atoms with Crippen molar-refractivity contribution in [1.82, 2.24) is 19.5 Å². The summed E-state index contributed by atoms with van der Waals surface area (Å²) >= 11 is 3.41. The Morgan fingerprint density at radius 1 is 1.18 bits per heavy atom. The number of imidazole rings is 1. The van der Waals surface area contributed by atoms with Gasteiger partial charge in [0.1, 0.15) is 6.33 Å². The van der Waals surface area contributed by atoms with Gasteiger partial charge in [0.05, 0.1) is 15.5 Å². The SMILES string of the molecule is Nc1ncc(Br)c(-n2cnc3ccccc32)n1. The van der Waals surface area contributed by atoms with Crippen molar-refractivity contribution in [3.8, 4) is 5.82 Å². The molecule has 84 valence electrons. The van der Waals surface area contributed by atoms with Crippen molar-refractivity contribution in [3.63, 3.8) is 0 Å². The molecule has 0 unspecified atom stereocenters. The van der Waals surface area contributed by atoms with Crippen molar-refractivity contribution < 1.29 is 0 Å². The molecule has 2 aromatic heterocycles. The molecule has 0 amide bonds. The van der Waals surface area contributed by atoms with Crippen LogP contribution in [-0.2, 0) is 0 Å². The van der Waals surface area contributed by atoms with Gasteiger partial charge in [-0.2, -0.15) is 4.98 Å². The lowest BCUT2D eigenvalue weighted by atomic mass is 10.3. The Morgan fingerprint density at radius 3 is 2.88 bits per heavy atom. The van der Waals surface area contributed by atoms with Crippen LogP contribution >= 0.6 is 15.9 Å². The number of benzene rings is 1. The molecule has 3 rings (SSSR count). The van der Waals surface area contributed by atoms with Gasteiger partial charge in [0.25, 0.3) is 0 Å². The van der Waals surface area contributed by atoms with Crippen LogP contribution in [0.5, 0.6) is 0 Å². The number of nitrogen functional groups attached to an aromatic ring is 1. The predicted octanol–water partition coefficient (Wildman–Crippen LogP) is 2.16. The number of hydrogen-bond acceptors (Lipinski definition) is 4. The van der Waals surface area contributed by atoms with Crippen molar-refractivity contribution in [2.75, 3.05) is 5.73 Å². The fourth-order valence-electron chi connectivity index (χ4n) is 1.67. The van der Waals surface area contributed by atoms with Gasteiger partial charge in [0, 0.05) is 6.20 Å². The third-order valence-corrected chi connectivity index (χ3v) is 2.99. The number of nitrogens with two attached hydrogens (primary N) is 1. The van der Waals surface area contributed by atoms with Crippen molar-refractivity contribution in [1.29, 1.82) is 0 Å². The Labute approximate surface area is 105 Å². The topological polar surface area (TPSA) is 69.6 Å². The van der Waals surface area contributed by atoms with Crippen molar-refractivity contribution in [2.45, 2.75) is 0 Å². The number of aromatic nitrogens is 4. The van der Waals surface area contributed by atoms with Crippen LogP contribution in [0.15, 0.2) is 41.3 Å². The highest BCUT2D eigenvalue weighted by molar-refractivity contribution is 9.10. The van der Waals surface area contributed by atoms with Gasteiger partial charge in [0.2, 0.25) is 5.95 Å². The molecule has 0 saturated heterocycles. The van der Waals surface area contributed by atoms with E-state index in [0.717, 1.165) is 15.5 Å². The highest BCUT2D eigenvalue weighted by Gasteiger charge is 2.09. The van der Waals surface area contributed by atoms with Crippen molar-refractivity contribution >= 4 is 32.9 Å². The van der Waals surface area contributed by atoms with Gasteiger partial charge >= 0.3 is 0 Å². The molecule has 0 aliphatic rings. The van der Waals surface area contributed by atoms with E-state index < -0.39 is 0 Å². The summed E-state index contributed by atoms with van der Waals surface area (Å²) in [6, 6.07) is 7.83. The number of nitrogens with zero attached hydrogens (tertiary/aromatic N) is 4. The van der Waals surface area contributed by atoms with Gasteiger partial charge in [-0.25, -0.2) is 9.97 Å². The summed E-state index contributed by atoms with van der Waals surface area (Å²) in [7, 11) is 0. The summed E-state index contributed by atoms with van der Waals surface area (Å²) in [4.78, 5) is 12.4. The molecule has 1 aromatic carbocycles. The van der Waals surface area contributed by atoms with Crippen molar-refractivity contribution in [3.05, 3.63) is 41.3 Å². The summed E-state index contributed by atoms with van der Waals surface area (Å²) in [5.41, 5.74) is 7.49. The molecule has 0 atom stereocenters. The molecular weight excluding hydrogens is 282 g/mol. The van der Waals surface area contributed by atoms with Gasteiger partial charge in [-0.3, -0.25) is 4.57 Å². The van der Waals surface area contributed by atoms with Gasteiger partial charge < -0.3 is 5.73 Å².